The zero-order chi connectivity index (χ0) is 27.4. The van der Waals surface area contributed by atoms with Gasteiger partial charge in [-0.3, -0.25) is 14.7 Å². The Morgan fingerprint density at radius 1 is 1.05 bits per heavy atom. The fraction of sp³-hybridized carbons (Fsp3) is 0.296. The number of H-pyrrole nitrogens is 1. The number of pyridine rings is 1. The van der Waals surface area contributed by atoms with Crippen molar-refractivity contribution in [2.45, 2.75) is 19.0 Å². The highest BCUT2D eigenvalue weighted by Gasteiger charge is 2.31. The molecule has 9 nitrogen and oxygen atoms in total. The molecule has 4 aromatic rings. The number of ether oxygens (including phenoxy) is 2. The molecule has 0 radical (unpaired) electrons. The summed E-state index contributed by atoms with van der Waals surface area (Å²) in [5, 5.41) is 5.43. The molecule has 1 saturated heterocycles. The Kier molecular flexibility index (Phi) is 7.55. The SMILES string of the molecule is CNC(=O)c1cc(Oc2ccc3[nH]c(Nc4cc(OCCN5CCCC5)cc(C(F)(F)F)c4)nc3c2)ccn1. The van der Waals surface area contributed by atoms with Crippen molar-refractivity contribution >= 4 is 28.6 Å². The summed E-state index contributed by atoms with van der Waals surface area (Å²) < 4.78 is 52.3. The van der Waals surface area contributed by atoms with Gasteiger partial charge < -0.3 is 25.1 Å². The predicted molar refractivity (Wildman–Crippen MR) is 140 cm³/mol. The largest absolute Gasteiger partial charge is 0.492 e. The van der Waals surface area contributed by atoms with Gasteiger partial charge in [0.2, 0.25) is 5.95 Å². The minimum absolute atomic E-state index is 0.131. The summed E-state index contributed by atoms with van der Waals surface area (Å²) in [5.74, 6) is 0.927. The molecule has 5 rings (SSSR count). The van der Waals surface area contributed by atoms with Crippen LogP contribution < -0.4 is 20.1 Å². The van der Waals surface area contributed by atoms with Crippen LogP contribution in [0.4, 0.5) is 24.8 Å². The van der Waals surface area contributed by atoms with E-state index in [-0.39, 0.29) is 29.0 Å². The highest BCUT2D eigenvalue weighted by atomic mass is 19.4. The fourth-order valence-electron chi connectivity index (χ4n) is 4.33. The summed E-state index contributed by atoms with van der Waals surface area (Å²) >= 11 is 0. The van der Waals surface area contributed by atoms with E-state index in [4.69, 9.17) is 9.47 Å². The summed E-state index contributed by atoms with van der Waals surface area (Å²) in [7, 11) is 1.51. The van der Waals surface area contributed by atoms with Crippen molar-refractivity contribution in [2.24, 2.45) is 0 Å². The molecular formula is C27H27F3N6O3. The average molecular weight is 541 g/mol. The van der Waals surface area contributed by atoms with Gasteiger partial charge in [-0.25, -0.2) is 4.98 Å². The average Bonchev–Trinajstić information content (AvgIpc) is 3.57. The quantitative estimate of drug-likeness (QED) is 0.263. The number of rotatable bonds is 9. The predicted octanol–water partition coefficient (Wildman–Crippen LogP) is 5.35. The number of fused-ring (bicyclic) bond motifs is 1. The number of alkyl halides is 3. The zero-order valence-electron chi connectivity index (χ0n) is 21.1. The number of aromatic nitrogens is 3. The molecular weight excluding hydrogens is 513 g/mol. The first-order valence-corrected chi connectivity index (χ1v) is 12.5. The van der Waals surface area contributed by atoms with Crippen LogP contribution in [0.1, 0.15) is 28.9 Å². The molecule has 12 heteroatoms. The van der Waals surface area contributed by atoms with E-state index in [1.54, 1.807) is 24.3 Å². The number of aromatic amines is 1. The Labute approximate surface area is 222 Å². The van der Waals surface area contributed by atoms with Gasteiger partial charge in [0.1, 0.15) is 29.5 Å². The fourth-order valence-corrected chi connectivity index (χ4v) is 4.33. The Hall–Kier alpha value is -4.32. The highest BCUT2D eigenvalue weighted by Crippen LogP contribution is 2.35. The summed E-state index contributed by atoms with van der Waals surface area (Å²) in [5.41, 5.74) is 0.770. The lowest BCUT2D eigenvalue weighted by atomic mass is 10.2. The monoisotopic (exact) mass is 540 g/mol. The molecule has 0 spiro atoms. The number of benzene rings is 2. The van der Waals surface area contributed by atoms with Crippen LogP contribution in [0.15, 0.2) is 54.7 Å². The van der Waals surface area contributed by atoms with Gasteiger partial charge in [-0.05, 0) is 56.3 Å². The first-order chi connectivity index (χ1) is 18.8. The van der Waals surface area contributed by atoms with Crippen molar-refractivity contribution in [3.63, 3.8) is 0 Å². The van der Waals surface area contributed by atoms with Gasteiger partial charge in [0, 0.05) is 43.7 Å². The molecule has 2 aromatic heterocycles. The van der Waals surface area contributed by atoms with E-state index in [1.807, 2.05) is 0 Å². The van der Waals surface area contributed by atoms with Crippen molar-refractivity contribution in [2.75, 3.05) is 38.6 Å². The maximum atomic E-state index is 13.6. The number of hydrogen-bond acceptors (Lipinski definition) is 7. The highest BCUT2D eigenvalue weighted by molar-refractivity contribution is 5.92. The third kappa shape index (κ3) is 6.58. The normalized spacial score (nSPS) is 13.9. The van der Waals surface area contributed by atoms with Crippen molar-refractivity contribution < 1.29 is 27.4 Å². The second-order valence-electron chi connectivity index (χ2n) is 9.09. The number of carbonyl (C=O) groups excluding carboxylic acids is 1. The van der Waals surface area contributed by atoms with Crippen molar-refractivity contribution in [3.8, 4) is 17.2 Å². The lowest BCUT2D eigenvalue weighted by Crippen LogP contribution is -2.25. The van der Waals surface area contributed by atoms with Crippen LogP contribution in [0.5, 0.6) is 17.2 Å². The van der Waals surface area contributed by atoms with Crippen LogP contribution in [0.25, 0.3) is 11.0 Å². The second-order valence-corrected chi connectivity index (χ2v) is 9.09. The third-order valence-electron chi connectivity index (χ3n) is 6.25. The first kappa shape index (κ1) is 26.3. The summed E-state index contributed by atoms with van der Waals surface area (Å²) in [6.45, 7) is 2.93. The van der Waals surface area contributed by atoms with Crippen molar-refractivity contribution in [1.29, 1.82) is 0 Å². The standard InChI is InChI=1S/C27H27F3N6O3/c1-31-25(37)24-16-20(6-7-32-24)39-19-4-5-22-23(15-19)35-26(34-22)33-18-12-17(27(28,29)30)13-21(14-18)38-11-10-36-8-2-3-9-36/h4-7,12-16H,2-3,8-11H2,1H3,(H,31,37)(H2,33,34,35). The molecule has 1 aliphatic heterocycles. The van der Waals surface area contributed by atoms with E-state index in [1.165, 1.54) is 25.4 Å². The van der Waals surface area contributed by atoms with Crippen LogP contribution in [0.2, 0.25) is 0 Å². The summed E-state index contributed by atoms with van der Waals surface area (Å²) in [4.78, 5) is 25.6. The summed E-state index contributed by atoms with van der Waals surface area (Å²) in [6, 6.07) is 11.8. The maximum absolute atomic E-state index is 13.6. The Bertz CT molecular complexity index is 1470. The molecule has 39 heavy (non-hydrogen) atoms. The van der Waals surface area contributed by atoms with Crippen LogP contribution in [-0.4, -0.2) is 59.0 Å². The van der Waals surface area contributed by atoms with Gasteiger partial charge in [-0.1, -0.05) is 0 Å². The molecule has 3 N–H and O–H groups in total. The third-order valence-corrected chi connectivity index (χ3v) is 6.25. The molecule has 1 amide bonds. The number of carbonyl (C=O) groups is 1. The number of hydrogen-bond donors (Lipinski definition) is 3. The smallest absolute Gasteiger partial charge is 0.416 e. The molecule has 0 atom stereocenters. The van der Waals surface area contributed by atoms with Gasteiger partial charge in [0.05, 0.1) is 16.6 Å². The number of amides is 1. The van der Waals surface area contributed by atoms with Crippen LogP contribution >= 0.6 is 0 Å². The minimum atomic E-state index is -4.53. The number of anilines is 2. The summed E-state index contributed by atoms with van der Waals surface area (Å²) in [6.07, 6.45) is -0.805. The first-order valence-electron chi connectivity index (χ1n) is 12.5. The number of halogens is 3. The Balaban J connectivity index is 1.32. The maximum Gasteiger partial charge on any atom is 0.416 e. The van der Waals surface area contributed by atoms with Gasteiger partial charge in [-0.2, -0.15) is 13.2 Å². The van der Waals surface area contributed by atoms with E-state index < -0.39 is 11.7 Å². The lowest BCUT2D eigenvalue weighted by molar-refractivity contribution is -0.137. The van der Waals surface area contributed by atoms with Gasteiger partial charge in [-0.15, -0.1) is 0 Å². The molecule has 0 unspecified atom stereocenters. The van der Waals surface area contributed by atoms with E-state index in [2.05, 4.69) is 30.5 Å². The zero-order valence-corrected chi connectivity index (χ0v) is 21.1. The van der Waals surface area contributed by atoms with Gasteiger partial charge in [0.15, 0.2) is 0 Å². The van der Waals surface area contributed by atoms with E-state index >= 15 is 0 Å². The van der Waals surface area contributed by atoms with E-state index in [9.17, 15) is 18.0 Å². The lowest BCUT2D eigenvalue weighted by Gasteiger charge is -2.17. The molecule has 0 saturated carbocycles. The Morgan fingerprint density at radius 2 is 1.85 bits per heavy atom. The molecule has 0 bridgehead atoms. The van der Waals surface area contributed by atoms with Crippen LogP contribution in [-0.2, 0) is 6.18 Å². The van der Waals surface area contributed by atoms with Gasteiger partial charge >= 0.3 is 6.18 Å². The number of imidazole rings is 1. The Morgan fingerprint density at radius 3 is 2.62 bits per heavy atom. The second kappa shape index (κ2) is 11.2. The van der Waals surface area contributed by atoms with Crippen molar-refractivity contribution in [1.82, 2.24) is 25.2 Å². The molecule has 1 fully saturated rings. The van der Waals surface area contributed by atoms with Gasteiger partial charge in [0.25, 0.3) is 5.91 Å². The number of likely N-dealkylation sites (tertiary alicyclic amines) is 1. The molecule has 3 heterocycles. The van der Waals surface area contributed by atoms with Crippen LogP contribution in [0.3, 0.4) is 0 Å². The molecule has 1 aliphatic rings. The van der Waals surface area contributed by atoms with Crippen LogP contribution in [0, 0.1) is 0 Å². The van der Waals surface area contributed by atoms with E-state index in [0.717, 1.165) is 38.1 Å². The minimum Gasteiger partial charge on any atom is -0.492 e. The number of nitrogens with zero attached hydrogens (tertiary/aromatic N) is 3. The molecule has 2 aromatic carbocycles. The topological polar surface area (TPSA) is 104 Å². The molecule has 204 valence electrons. The number of nitrogens with one attached hydrogen (secondary N) is 3. The van der Waals surface area contributed by atoms with E-state index in [0.29, 0.717) is 35.7 Å². The molecule has 0 aliphatic carbocycles. The van der Waals surface area contributed by atoms with Crippen molar-refractivity contribution in [3.05, 3.63) is 66.0 Å².